The lowest BCUT2D eigenvalue weighted by atomic mass is 9.86. The molecule has 1 aliphatic rings. The smallest absolute Gasteiger partial charge is 0.347 e. The Bertz CT molecular complexity index is 531. The molecule has 1 aromatic carbocycles. The molecule has 0 saturated heterocycles. The summed E-state index contributed by atoms with van der Waals surface area (Å²) >= 11 is 0. The Morgan fingerprint density at radius 2 is 1.92 bits per heavy atom. The highest BCUT2D eigenvalue weighted by Gasteiger charge is 2.24. The van der Waals surface area contributed by atoms with Crippen LogP contribution in [0.15, 0.2) is 30.3 Å². The van der Waals surface area contributed by atoms with Gasteiger partial charge in [0, 0.05) is 6.04 Å². The monoisotopic (exact) mass is 333 g/mol. The molecule has 0 radical (unpaired) electrons. The number of amides is 1. The van der Waals surface area contributed by atoms with Crippen molar-refractivity contribution in [2.45, 2.75) is 58.1 Å². The quantitative estimate of drug-likeness (QED) is 0.779. The van der Waals surface area contributed by atoms with Crippen LogP contribution in [-0.2, 0) is 14.3 Å². The van der Waals surface area contributed by atoms with Crippen LogP contribution in [0, 0.1) is 5.92 Å². The van der Waals surface area contributed by atoms with E-state index in [2.05, 4.69) is 12.2 Å². The number of esters is 1. The summed E-state index contributed by atoms with van der Waals surface area (Å²) in [5.41, 5.74) is 0. The largest absolute Gasteiger partial charge is 0.479 e. The number of hydrogen-bond acceptors (Lipinski definition) is 4. The third-order valence-corrected chi connectivity index (χ3v) is 4.46. The van der Waals surface area contributed by atoms with Crippen LogP contribution >= 0.6 is 0 Å². The average molecular weight is 333 g/mol. The second-order valence-electron chi connectivity index (χ2n) is 6.37. The molecule has 0 aromatic heterocycles. The maximum Gasteiger partial charge on any atom is 0.347 e. The van der Waals surface area contributed by atoms with Gasteiger partial charge in [0.25, 0.3) is 5.91 Å². The molecule has 132 valence electrons. The van der Waals surface area contributed by atoms with Gasteiger partial charge in [0.05, 0.1) is 0 Å². The first-order chi connectivity index (χ1) is 11.6. The minimum absolute atomic E-state index is 0.187. The normalized spacial score (nSPS) is 21.6. The van der Waals surface area contributed by atoms with Gasteiger partial charge in [0.2, 0.25) is 0 Å². The molecule has 24 heavy (non-hydrogen) atoms. The summed E-state index contributed by atoms with van der Waals surface area (Å²) in [5.74, 6) is 0.342. The summed E-state index contributed by atoms with van der Waals surface area (Å²) in [6, 6.07) is 9.31. The molecule has 2 rings (SSSR count). The van der Waals surface area contributed by atoms with Crippen molar-refractivity contribution in [1.82, 2.24) is 5.32 Å². The third kappa shape index (κ3) is 5.55. The number of para-hydroxylation sites is 1. The average Bonchev–Trinajstić information content (AvgIpc) is 2.60. The molecule has 0 spiro atoms. The van der Waals surface area contributed by atoms with Gasteiger partial charge in [-0.15, -0.1) is 0 Å². The first-order valence-corrected chi connectivity index (χ1v) is 8.77. The van der Waals surface area contributed by atoms with Crippen LogP contribution in [0.4, 0.5) is 0 Å². The van der Waals surface area contributed by atoms with Crippen molar-refractivity contribution in [2.24, 2.45) is 5.92 Å². The lowest BCUT2D eigenvalue weighted by Crippen LogP contribution is -2.43. The molecule has 1 fully saturated rings. The summed E-state index contributed by atoms with van der Waals surface area (Å²) < 4.78 is 10.7. The van der Waals surface area contributed by atoms with Gasteiger partial charge in [-0.2, -0.15) is 0 Å². The molecule has 5 heteroatoms. The van der Waals surface area contributed by atoms with E-state index in [1.54, 1.807) is 12.1 Å². The fraction of sp³-hybridized carbons (Fsp3) is 0.579. The molecule has 1 aromatic rings. The number of carbonyl (C=O) groups excluding carboxylic acids is 2. The Morgan fingerprint density at radius 3 is 2.58 bits per heavy atom. The number of ether oxygens (including phenoxy) is 2. The zero-order chi connectivity index (χ0) is 17.4. The number of rotatable bonds is 7. The number of nitrogens with one attached hydrogen (secondary N) is 1. The van der Waals surface area contributed by atoms with Crippen molar-refractivity contribution in [3.05, 3.63) is 30.3 Å². The van der Waals surface area contributed by atoms with Crippen LogP contribution in [0.3, 0.4) is 0 Å². The van der Waals surface area contributed by atoms with Gasteiger partial charge in [0.15, 0.2) is 12.7 Å². The molecule has 0 bridgehead atoms. The maximum absolute atomic E-state index is 12.1. The highest BCUT2D eigenvalue weighted by molar-refractivity contribution is 5.82. The van der Waals surface area contributed by atoms with E-state index in [1.165, 1.54) is 6.42 Å². The lowest BCUT2D eigenvalue weighted by Gasteiger charge is -2.29. The van der Waals surface area contributed by atoms with Crippen molar-refractivity contribution < 1.29 is 19.1 Å². The van der Waals surface area contributed by atoms with Gasteiger partial charge < -0.3 is 14.8 Å². The minimum Gasteiger partial charge on any atom is -0.479 e. The molecule has 1 saturated carbocycles. The Morgan fingerprint density at radius 1 is 1.21 bits per heavy atom. The molecule has 0 unspecified atom stereocenters. The van der Waals surface area contributed by atoms with Gasteiger partial charge >= 0.3 is 5.97 Å². The standard InChI is InChI=1S/C19H27NO4/c1-3-17(24-15-10-5-4-6-11-15)19(22)23-13-18(21)20-16-12-8-7-9-14(16)2/h4-6,10-11,14,16-17H,3,7-9,12-13H2,1-2H3,(H,20,21)/t14-,16-,17-/m0/s1. The highest BCUT2D eigenvalue weighted by atomic mass is 16.6. The number of benzene rings is 1. The van der Waals surface area contributed by atoms with E-state index in [0.717, 1.165) is 19.3 Å². The second kappa shape index (κ2) is 9.30. The summed E-state index contributed by atoms with van der Waals surface area (Å²) in [7, 11) is 0. The van der Waals surface area contributed by atoms with Gasteiger partial charge in [-0.05, 0) is 37.3 Å². The van der Waals surface area contributed by atoms with E-state index in [4.69, 9.17) is 9.47 Å². The van der Waals surface area contributed by atoms with Crippen LogP contribution in [0.2, 0.25) is 0 Å². The summed E-state index contributed by atoms with van der Waals surface area (Å²) in [6.07, 6.45) is 4.27. The first kappa shape index (κ1) is 18.3. The molecule has 1 amide bonds. The Labute approximate surface area is 143 Å². The van der Waals surface area contributed by atoms with Crippen molar-refractivity contribution in [3.63, 3.8) is 0 Å². The van der Waals surface area contributed by atoms with Crippen molar-refractivity contribution in [2.75, 3.05) is 6.61 Å². The van der Waals surface area contributed by atoms with E-state index in [1.807, 2.05) is 25.1 Å². The lowest BCUT2D eigenvalue weighted by molar-refractivity contribution is -0.155. The third-order valence-electron chi connectivity index (χ3n) is 4.46. The summed E-state index contributed by atoms with van der Waals surface area (Å²) in [5, 5.41) is 2.97. The Hall–Kier alpha value is -2.04. The van der Waals surface area contributed by atoms with Crippen LogP contribution in [-0.4, -0.2) is 30.6 Å². The van der Waals surface area contributed by atoms with Crippen LogP contribution < -0.4 is 10.1 Å². The Balaban J connectivity index is 1.77. The van der Waals surface area contributed by atoms with E-state index >= 15 is 0 Å². The van der Waals surface area contributed by atoms with E-state index < -0.39 is 12.1 Å². The summed E-state index contributed by atoms with van der Waals surface area (Å²) in [4.78, 5) is 24.1. The van der Waals surface area contributed by atoms with Gasteiger partial charge in [0.1, 0.15) is 5.75 Å². The molecule has 0 aliphatic heterocycles. The molecule has 5 nitrogen and oxygen atoms in total. The molecule has 0 heterocycles. The molecular formula is C19H27NO4. The second-order valence-corrected chi connectivity index (χ2v) is 6.37. The predicted molar refractivity (Wildman–Crippen MR) is 91.7 cm³/mol. The zero-order valence-corrected chi connectivity index (χ0v) is 14.5. The first-order valence-electron chi connectivity index (χ1n) is 8.77. The van der Waals surface area contributed by atoms with E-state index in [9.17, 15) is 9.59 Å². The van der Waals surface area contributed by atoms with Gasteiger partial charge in [-0.3, -0.25) is 4.79 Å². The predicted octanol–water partition coefficient (Wildman–Crippen LogP) is 3.08. The zero-order valence-electron chi connectivity index (χ0n) is 14.5. The molecule has 3 atom stereocenters. The molecule has 1 N–H and O–H groups in total. The van der Waals surface area contributed by atoms with Crippen molar-refractivity contribution >= 4 is 11.9 Å². The van der Waals surface area contributed by atoms with E-state index in [0.29, 0.717) is 18.1 Å². The maximum atomic E-state index is 12.1. The topological polar surface area (TPSA) is 64.6 Å². The SMILES string of the molecule is CC[C@H](Oc1ccccc1)C(=O)OCC(=O)N[C@H]1CCCC[C@@H]1C. The fourth-order valence-corrected chi connectivity index (χ4v) is 2.97. The van der Waals surface area contributed by atoms with Crippen LogP contribution in [0.1, 0.15) is 46.0 Å². The number of carbonyl (C=O) groups is 2. The minimum atomic E-state index is -0.700. The number of hydrogen-bond donors (Lipinski definition) is 1. The summed E-state index contributed by atoms with van der Waals surface area (Å²) in [6.45, 7) is 3.74. The van der Waals surface area contributed by atoms with Crippen LogP contribution in [0.5, 0.6) is 5.75 Å². The van der Waals surface area contributed by atoms with Gasteiger partial charge in [-0.25, -0.2) is 4.79 Å². The fourth-order valence-electron chi connectivity index (χ4n) is 2.97. The molecular weight excluding hydrogens is 306 g/mol. The van der Waals surface area contributed by atoms with Crippen LogP contribution in [0.25, 0.3) is 0 Å². The highest BCUT2D eigenvalue weighted by Crippen LogP contribution is 2.23. The van der Waals surface area contributed by atoms with Crippen molar-refractivity contribution in [1.29, 1.82) is 0 Å². The van der Waals surface area contributed by atoms with Gasteiger partial charge in [-0.1, -0.05) is 44.9 Å². The van der Waals surface area contributed by atoms with Crippen molar-refractivity contribution in [3.8, 4) is 5.75 Å². The molecule has 1 aliphatic carbocycles. The Kier molecular flexibility index (Phi) is 7.09. The van der Waals surface area contributed by atoms with E-state index in [-0.39, 0.29) is 18.6 Å².